The second-order valence-electron chi connectivity index (χ2n) is 6.78. The van der Waals surface area contributed by atoms with Gasteiger partial charge in [-0.2, -0.15) is 0 Å². The summed E-state index contributed by atoms with van der Waals surface area (Å²) in [5, 5.41) is 0. The molecule has 1 fully saturated rings. The number of hydrogen-bond acceptors (Lipinski definition) is 2. The fourth-order valence-electron chi connectivity index (χ4n) is 3.24. The van der Waals surface area contributed by atoms with E-state index in [1.54, 1.807) is 0 Å². The lowest BCUT2D eigenvalue weighted by Gasteiger charge is -2.34. The minimum atomic E-state index is -0.272. The Balaban J connectivity index is 1.96. The third kappa shape index (κ3) is 4.31. The molecule has 2 N–H and O–H groups in total. The van der Waals surface area contributed by atoms with Crippen LogP contribution in [-0.4, -0.2) is 23.4 Å². The van der Waals surface area contributed by atoms with Gasteiger partial charge >= 0.3 is 0 Å². The van der Waals surface area contributed by atoms with Gasteiger partial charge in [0.1, 0.15) is 0 Å². The summed E-state index contributed by atoms with van der Waals surface area (Å²) in [4.78, 5) is 14.3. The summed E-state index contributed by atoms with van der Waals surface area (Å²) < 4.78 is 0. The number of nitrogens with two attached hydrogens (primary N) is 1. The molecule has 0 aromatic heterocycles. The molecule has 0 heterocycles. The van der Waals surface area contributed by atoms with Gasteiger partial charge in [0.25, 0.3) is 0 Å². The standard InChI is InChI=1S/C18H28N2O/c1-14-7-8-16(15(2)11-14)13-20(3)17(21)12-18(19)9-5-4-6-10-18/h7-8,11H,4-6,9-10,12-13,19H2,1-3H3. The van der Waals surface area contributed by atoms with E-state index in [4.69, 9.17) is 5.73 Å². The third-order valence-electron chi connectivity index (χ3n) is 4.68. The summed E-state index contributed by atoms with van der Waals surface area (Å²) in [6, 6.07) is 6.39. The van der Waals surface area contributed by atoms with Crippen LogP contribution in [0.1, 0.15) is 55.2 Å². The largest absolute Gasteiger partial charge is 0.341 e. The molecule has 1 aromatic rings. The Bertz CT molecular complexity index is 504. The summed E-state index contributed by atoms with van der Waals surface area (Å²) in [7, 11) is 1.88. The molecule has 21 heavy (non-hydrogen) atoms. The average molecular weight is 288 g/mol. The van der Waals surface area contributed by atoms with Crippen LogP contribution in [0.4, 0.5) is 0 Å². The van der Waals surface area contributed by atoms with Crippen molar-refractivity contribution >= 4 is 5.91 Å². The Morgan fingerprint density at radius 2 is 1.90 bits per heavy atom. The highest BCUT2D eigenvalue weighted by Gasteiger charge is 2.31. The molecule has 0 radical (unpaired) electrons. The summed E-state index contributed by atoms with van der Waals surface area (Å²) in [6.07, 6.45) is 6.02. The first-order valence-electron chi connectivity index (χ1n) is 7.99. The zero-order valence-corrected chi connectivity index (χ0v) is 13.6. The summed E-state index contributed by atoms with van der Waals surface area (Å²) in [5.74, 6) is 0.166. The van der Waals surface area contributed by atoms with Crippen molar-refractivity contribution in [3.8, 4) is 0 Å². The molecule has 1 aliphatic rings. The van der Waals surface area contributed by atoms with Gasteiger partial charge < -0.3 is 10.6 Å². The number of benzene rings is 1. The van der Waals surface area contributed by atoms with E-state index in [1.807, 2.05) is 11.9 Å². The molecule has 1 aromatic carbocycles. The lowest BCUT2D eigenvalue weighted by molar-refractivity contribution is -0.132. The molecule has 0 spiro atoms. The average Bonchev–Trinajstić information content (AvgIpc) is 2.42. The molecule has 3 nitrogen and oxygen atoms in total. The first-order valence-corrected chi connectivity index (χ1v) is 7.99. The van der Waals surface area contributed by atoms with Crippen LogP contribution in [0.3, 0.4) is 0 Å². The van der Waals surface area contributed by atoms with Crippen molar-refractivity contribution in [1.82, 2.24) is 4.90 Å². The Labute approximate surface area is 128 Å². The Morgan fingerprint density at radius 3 is 2.52 bits per heavy atom. The number of hydrogen-bond donors (Lipinski definition) is 1. The van der Waals surface area contributed by atoms with Gasteiger partial charge in [-0.25, -0.2) is 0 Å². The van der Waals surface area contributed by atoms with E-state index in [0.717, 1.165) is 25.7 Å². The topological polar surface area (TPSA) is 46.3 Å². The molecule has 0 unspecified atom stereocenters. The van der Waals surface area contributed by atoms with Crippen LogP contribution in [-0.2, 0) is 11.3 Å². The second-order valence-corrected chi connectivity index (χ2v) is 6.78. The SMILES string of the molecule is Cc1ccc(CN(C)C(=O)CC2(N)CCCCC2)c(C)c1. The highest BCUT2D eigenvalue weighted by Crippen LogP contribution is 2.29. The molecule has 0 aliphatic heterocycles. The molecule has 116 valence electrons. The monoisotopic (exact) mass is 288 g/mol. The van der Waals surface area contributed by atoms with E-state index in [2.05, 4.69) is 32.0 Å². The zero-order chi connectivity index (χ0) is 15.5. The molecular weight excluding hydrogens is 260 g/mol. The van der Waals surface area contributed by atoms with Crippen LogP contribution >= 0.6 is 0 Å². The maximum absolute atomic E-state index is 12.4. The second kappa shape index (κ2) is 6.61. The number of carbonyl (C=O) groups excluding carboxylic acids is 1. The Kier molecular flexibility index (Phi) is 5.04. The van der Waals surface area contributed by atoms with Crippen LogP contribution in [0.2, 0.25) is 0 Å². The number of rotatable bonds is 4. The van der Waals surface area contributed by atoms with E-state index in [-0.39, 0.29) is 11.4 Å². The minimum Gasteiger partial charge on any atom is -0.341 e. The van der Waals surface area contributed by atoms with Crippen molar-refractivity contribution in [3.63, 3.8) is 0 Å². The van der Waals surface area contributed by atoms with Crippen molar-refractivity contribution in [3.05, 3.63) is 34.9 Å². The van der Waals surface area contributed by atoms with Crippen LogP contribution < -0.4 is 5.73 Å². The summed E-state index contributed by atoms with van der Waals surface area (Å²) >= 11 is 0. The number of nitrogens with zero attached hydrogens (tertiary/aromatic N) is 1. The predicted octanol–water partition coefficient (Wildman–Crippen LogP) is 3.31. The molecule has 0 saturated heterocycles. The van der Waals surface area contributed by atoms with Gasteiger partial charge in [0, 0.05) is 25.6 Å². The van der Waals surface area contributed by atoms with Crippen molar-refractivity contribution in [2.45, 2.75) is 64.5 Å². The third-order valence-corrected chi connectivity index (χ3v) is 4.68. The van der Waals surface area contributed by atoms with Gasteiger partial charge in [0.15, 0.2) is 0 Å². The van der Waals surface area contributed by atoms with Crippen LogP contribution in [0.25, 0.3) is 0 Å². The Morgan fingerprint density at radius 1 is 1.24 bits per heavy atom. The fourth-order valence-corrected chi connectivity index (χ4v) is 3.24. The first-order chi connectivity index (χ1) is 9.89. The Hall–Kier alpha value is -1.35. The minimum absolute atomic E-state index is 0.166. The number of carbonyl (C=O) groups is 1. The molecule has 0 atom stereocenters. The predicted molar refractivity (Wildman–Crippen MR) is 87.0 cm³/mol. The normalized spacial score (nSPS) is 17.5. The fraction of sp³-hybridized carbons (Fsp3) is 0.611. The molecular formula is C18H28N2O. The van der Waals surface area contributed by atoms with E-state index < -0.39 is 0 Å². The molecule has 2 rings (SSSR count). The van der Waals surface area contributed by atoms with Gasteiger partial charge in [-0.3, -0.25) is 4.79 Å². The van der Waals surface area contributed by atoms with Crippen molar-refractivity contribution < 1.29 is 4.79 Å². The molecule has 3 heteroatoms. The van der Waals surface area contributed by atoms with Gasteiger partial charge in [-0.1, -0.05) is 43.0 Å². The van der Waals surface area contributed by atoms with Crippen molar-refractivity contribution in [1.29, 1.82) is 0 Å². The zero-order valence-electron chi connectivity index (χ0n) is 13.6. The van der Waals surface area contributed by atoms with Crippen LogP contribution in [0.15, 0.2) is 18.2 Å². The smallest absolute Gasteiger partial charge is 0.224 e. The van der Waals surface area contributed by atoms with Gasteiger partial charge in [0.05, 0.1) is 0 Å². The van der Waals surface area contributed by atoms with E-state index >= 15 is 0 Å². The lowest BCUT2D eigenvalue weighted by atomic mass is 9.80. The summed E-state index contributed by atoms with van der Waals surface area (Å²) in [6.45, 7) is 4.86. The molecule has 1 amide bonds. The highest BCUT2D eigenvalue weighted by molar-refractivity contribution is 5.77. The first kappa shape index (κ1) is 16.0. The molecule has 1 saturated carbocycles. The van der Waals surface area contributed by atoms with Crippen molar-refractivity contribution in [2.75, 3.05) is 7.05 Å². The van der Waals surface area contributed by atoms with E-state index in [0.29, 0.717) is 13.0 Å². The lowest BCUT2D eigenvalue weighted by Crippen LogP contribution is -2.46. The van der Waals surface area contributed by atoms with E-state index in [1.165, 1.54) is 23.1 Å². The van der Waals surface area contributed by atoms with Gasteiger partial charge in [-0.05, 0) is 37.8 Å². The number of amides is 1. The van der Waals surface area contributed by atoms with E-state index in [9.17, 15) is 4.79 Å². The van der Waals surface area contributed by atoms with Crippen molar-refractivity contribution in [2.24, 2.45) is 5.73 Å². The quantitative estimate of drug-likeness (QED) is 0.924. The van der Waals surface area contributed by atoms with Gasteiger partial charge in [0.2, 0.25) is 5.91 Å². The van der Waals surface area contributed by atoms with Gasteiger partial charge in [-0.15, -0.1) is 0 Å². The number of aryl methyl sites for hydroxylation is 2. The molecule has 1 aliphatic carbocycles. The summed E-state index contributed by atoms with van der Waals surface area (Å²) in [5.41, 5.74) is 9.84. The maximum Gasteiger partial charge on any atom is 0.224 e. The highest BCUT2D eigenvalue weighted by atomic mass is 16.2. The maximum atomic E-state index is 12.4. The van der Waals surface area contributed by atoms with Crippen LogP contribution in [0.5, 0.6) is 0 Å². The van der Waals surface area contributed by atoms with Crippen LogP contribution in [0, 0.1) is 13.8 Å². The molecule has 0 bridgehead atoms.